The van der Waals surface area contributed by atoms with Crippen molar-refractivity contribution in [3.05, 3.63) is 21.4 Å². The molecule has 2 rings (SSSR count). The maximum Gasteiger partial charge on any atom is 0.346 e. The number of aromatic carboxylic acids is 1. The summed E-state index contributed by atoms with van der Waals surface area (Å²) < 4.78 is 0. The van der Waals surface area contributed by atoms with Crippen molar-refractivity contribution in [1.29, 1.82) is 0 Å². The Bertz CT molecular complexity index is 341. The average molecular weight is 196 g/mol. The normalized spacial score (nSPS) is 21.2. The second-order valence-corrected chi connectivity index (χ2v) is 4.60. The van der Waals surface area contributed by atoms with Gasteiger partial charge in [-0.05, 0) is 41.7 Å². The van der Waals surface area contributed by atoms with E-state index in [2.05, 4.69) is 6.92 Å². The van der Waals surface area contributed by atoms with Crippen molar-refractivity contribution in [3.8, 4) is 0 Å². The topological polar surface area (TPSA) is 37.3 Å². The van der Waals surface area contributed by atoms with E-state index in [4.69, 9.17) is 5.11 Å². The highest BCUT2D eigenvalue weighted by atomic mass is 32.1. The molecule has 13 heavy (non-hydrogen) atoms. The van der Waals surface area contributed by atoms with Crippen LogP contribution in [0.25, 0.3) is 0 Å². The number of fused-ring (bicyclic) bond motifs is 1. The maximum absolute atomic E-state index is 10.8. The molecule has 1 aliphatic rings. The number of hydrogen-bond acceptors (Lipinski definition) is 2. The van der Waals surface area contributed by atoms with Crippen molar-refractivity contribution in [2.75, 3.05) is 0 Å². The minimum Gasteiger partial charge on any atom is -0.477 e. The van der Waals surface area contributed by atoms with Gasteiger partial charge in [0.1, 0.15) is 4.88 Å². The van der Waals surface area contributed by atoms with Crippen molar-refractivity contribution in [1.82, 2.24) is 0 Å². The zero-order valence-corrected chi connectivity index (χ0v) is 8.36. The molecule has 70 valence electrons. The molecule has 0 saturated carbocycles. The van der Waals surface area contributed by atoms with Crippen LogP contribution in [0.4, 0.5) is 0 Å². The van der Waals surface area contributed by atoms with E-state index in [1.165, 1.54) is 16.9 Å². The van der Waals surface area contributed by atoms with Gasteiger partial charge < -0.3 is 5.11 Å². The molecule has 1 N–H and O–H groups in total. The summed E-state index contributed by atoms with van der Waals surface area (Å²) in [6.07, 6.45) is 3.13. The zero-order chi connectivity index (χ0) is 9.42. The first kappa shape index (κ1) is 8.75. The van der Waals surface area contributed by atoms with Gasteiger partial charge in [0, 0.05) is 0 Å². The van der Waals surface area contributed by atoms with E-state index in [1.807, 2.05) is 5.38 Å². The molecule has 0 fully saturated rings. The lowest BCUT2D eigenvalue weighted by Crippen LogP contribution is -2.11. The van der Waals surface area contributed by atoms with Crippen LogP contribution < -0.4 is 0 Å². The summed E-state index contributed by atoms with van der Waals surface area (Å²) in [4.78, 5) is 11.4. The summed E-state index contributed by atoms with van der Waals surface area (Å²) in [6, 6.07) is 0. The first-order valence-electron chi connectivity index (χ1n) is 4.51. The number of hydrogen-bond donors (Lipinski definition) is 1. The quantitative estimate of drug-likeness (QED) is 0.749. The van der Waals surface area contributed by atoms with Crippen LogP contribution >= 0.6 is 11.3 Å². The molecule has 3 heteroatoms. The molecule has 1 heterocycles. The molecule has 0 radical (unpaired) electrons. The standard InChI is InChI=1S/C10H12O2S/c1-6-2-3-8-7(4-6)5-13-9(8)10(11)12/h5-6H,2-4H2,1H3,(H,11,12). The number of carboxylic acids is 1. The van der Waals surface area contributed by atoms with Gasteiger partial charge >= 0.3 is 5.97 Å². The average Bonchev–Trinajstić information content (AvgIpc) is 2.46. The van der Waals surface area contributed by atoms with Gasteiger partial charge in [0.2, 0.25) is 0 Å². The van der Waals surface area contributed by atoms with Crippen LogP contribution in [0.15, 0.2) is 5.38 Å². The Morgan fingerprint density at radius 2 is 2.46 bits per heavy atom. The predicted molar refractivity (Wildman–Crippen MR) is 52.5 cm³/mol. The molecule has 0 amide bonds. The van der Waals surface area contributed by atoms with E-state index < -0.39 is 5.97 Å². The van der Waals surface area contributed by atoms with Gasteiger partial charge in [0.05, 0.1) is 0 Å². The number of carbonyl (C=O) groups is 1. The zero-order valence-electron chi connectivity index (χ0n) is 7.54. The summed E-state index contributed by atoms with van der Waals surface area (Å²) >= 11 is 1.38. The molecule has 1 unspecified atom stereocenters. The van der Waals surface area contributed by atoms with E-state index >= 15 is 0 Å². The fourth-order valence-electron chi connectivity index (χ4n) is 1.91. The largest absolute Gasteiger partial charge is 0.477 e. The Labute approximate surface area is 81.2 Å². The molecule has 1 atom stereocenters. The van der Waals surface area contributed by atoms with E-state index in [-0.39, 0.29) is 0 Å². The molecule has 1 aromatic heterocycles. The monoisotopic (exact) mass is 196 g/mol. The van der Waals surface area contributed by atoms with Gasteiger partial charge in [-0.25, -0.2) is 4.79 Å². The highest BCUT2D eigenvalue weighted by Crippen LogP contribution is 2.32. The molecule has 0 aromatic carbocycles. The maximum atomic E-state index is 10.8. The van der Waals surface area contributed by atoms with Crippen LogP contribution in [0, 0.1) is 5.92 Å². The number of rotatable bonds is 1. The minimum atomic E-state index is -0.763. The van der Waals surface area contributed by atoms with Crippen LogP contribution in [0.2, 0.25) is 0 Å². The minimum absolute atomic E-state index is 0.557. The second kappa shape index (κ2) is 3.14. The van der Waals surface area contributed by atoms with E-state index in [0.29, 0.717) is 10.8 Å². The van der Waals surface area contributed by atoms with Gasteiger partial charge in [0.15, 0.2) is 0 Å². The lowest BCUT2D eigenvalue weighted by atomic mass is 9.86. The van der Waals surface area contributed by atoms with Gasteiger partial charge in [-0.2, -0.15) is 0 Å². The SMILES string of the molecule is CC1CCc2c(csc2C(=O)O)C1. The van der Waals surface area contributed by atoms with E-state index in [1.54, 1.807) is 0 Å². The highest BCUT2D eigenvalue weighted by Gasteiger charge is 2.22. The van der Waals surface area contributed by atoms with Crippen molar-refractivity contribution in [2.24, 2.45) is 5.92 Å². The van der Waals surface area contributed by atoms with Crippen LogP contribution in [0.5, 0.6) is 0 Å². The van der Waals surface area contributed by atoms with Crippen LogP contribution in [0.1, 0.15) is 34.1 Å². The number of carboxylic acid groups (broad SMARTS) is 1. The third-order valence-electron chi connectivity index (χ3n) is 2.63. The Balaban J connectivity index is 2.39. The predicted octanol–water partition coefficient (Wildman–Crippen LogP) is 2.57. The summed E-state index contributed by atoms with van der Waals surface area (Å²) in [6.45, 7) is 2.22. The van der Waals surface area contributed by atoms with Crippen molar-refractivity contribution in [3.63, 3.8) is 0 Å². The summed E-state index contributed by atoms with van der Waals surface area (Å²) in [5.41, 5.74) is 2.36. The number of thiophene rings is 1. The molecular weight excluding hydrogens is 184 g/mol. The van der Waals surface area contributed by atoms with Crippen LogP contribution in [-0.4, -0.2) is 11.1 Å². The third-order valence-corrected chi connectivity index (χ3v) is 3.69. The molecule has 1 aromatic rings. The van der Waals surface area contributed by atoms with Crippen molar-refractivity contribution < 1.29 is 9.90 Å². The van der Waals surface area contributed by atoms with Crippen LogP contribution in [-0.2, 0) is 12.8 Å². The summed E-state index contributed by atoms with van der Waals surface area (Å²) in [5, 5.41) is 10.9. The van der Waals surface area contributed by atoms with Crippen molar-refractivity contribution >= 4 is 17.3 Å². The summed E-state index contributed by atoms with van der Waals surface area (Å²) in [5.74, 6) is -0.0513. The Morgan fingerprint density at radius 1 is 1.69 bits per heavy atom. The fourth-order valence-corrected chi connectivity index (χ4v) is 2.89. The Kier molecular flexibility index (Phi) is 2.12. The third kappa shape index (κ3) is 1.48. The van der Waals surface area contributed by atoms with Gasteiger partial charge in [0.25, 0.3) is 0 Å². The highest BCUT2D eigenvalue weighted by molar-refractivity contribution is 7.12. The molecule has 0 aliphatic heterocycles. The van der Waals surface area contributed by atoms with E-state index in [9.17, 15) is 4.79 Å². The molecule has 1 aliphatic carbocycles. The van der Waals surface area contributed by atoms with Gasteiger partial charge in [-0.1, -0.05) is 6.92 Å². The first-order chi connectivity index (χ1) is 6.18. The Morgan fingerprint density at radius 3 is 3.15 bits per heavy atom. The fraction of sp³-hybridized carbons (Fsp3) is 0.500. The Hall–Kier alpha value is -0.830. The van der Waals surface area contributed by atoms with E-state index in [0.717, 1.165) is 24.8 Å². The van der Waals surface area contributed by atoms with Gasteiger partial charge in [-0.15, -0.1) is 11.3 Å². The first-order valence-corrected chi connectivity index (χ1v) is 5.39. The molecule has 2 nitrogen and oxygen atoms in total. The van der Waals surface area contributed by atoms with Crippen molar-refractivity contribution in [2.45, 2.75) is 26.2 Å². The summed E-state index contributed by atoms with van der Waals surface area (Å²) in [7, 11) is 0. The molecule has 0 bridgehead atoms. The molecule has 0 spiro atoms. The smallest absolute Gasteiger partial charge is 0.346 e. The van der Waals surface area contributed by atoms with Crippen LogP contribution in [0.3, 0.4) is 0 Å². The molecule has 0 saturated heterocycles. The second-order valence-electron chi connectivity index (χ2n) is 3.72. The lowest BCUT2D eigenvalue weighted by Gasteiger charge is -2.18. The van der Waals surface area contributed by atoms with Gasteiger partial charge in [-0.3, -0.25) is 0 Å². The molecular formula is C10H12O2S. The lowest BCUT2D eigenvalue weighted by molar-refractivity contribution is 0.0700.